The topological polar surface area (TPSA) is 81.9 Å². The molecule has 144 valence electrons. The number of ether oxygens (including phenoxy) is 1. The van der Waals surface area contributed by atoms with Crippen molar-refractivity contribution in [1.82, 2.24) is 25.1 Å². The van der Waals surface area contributed by atoms with Crippen molar-refractivity contribution in [2.45, 2.75) is 26.0 Å². The van der Waals surface area contributed by atoms with Crippen molar-refractivity contribution in [2.24, 2.45) is 0 Å². The predicted octanol–water partition coefficient (Wildman–Crippen LogP) is 2.79. The minimum atomic E-state index is -0.202. The average Bonchev–Trinajstić information content (AvgIpc) is 3.39. The Morgan fingerprint density at radius 1 is 1.32 bits per heavy atom. The quantitative estimate of drug-likeness (QED) is 0.691. The van der Waals surface area contributed by atoms with E-state index in [2.05, 4.69) is 20.5 Å². The van der Waals surface area contributed by atoms with Gasteiger partial charge in [-0.3, -0.25) is 9.36 Å². The van der Waals surface area contributed by atoms with Crippen molar-refractivity contribution in [3.8, 4) is 11.6 Å². The lowest BCUT2D eigenvalue weighted by molar-refractivity contribution is 0.0948. The van der Waals surface area contributed by atoms with E-state index in [0.717, 1.165) is 23.6 Å². The van der Waals surface area contributed by atoms with Crippen molar-refractivity contribution < 1.29 is 9.53 Å². The Labute approximate surface area is 167 Å². The number of hydrogen-bond donors (Lipinski definition) is 1. The maximum absolute atomic E-state index is 12.6. The van der Waals surface area contributed by atoms with Crippen molar-refractivity contribution >= 4 is 17.7 Å². The number of thioether (sulfide) groups is 1. The number of aryl methyl sites for hydroxylation is 1. The molecule has 8 heteroatoms. The molecule has 2 aromatic heterocycles. The van der Waals surface area contributed by atoms with Gasteiger partial charge in [0, 0.05) is 29.3 Å². The van der Waals surface area contributed by atoms with E-state index in [9.17, 15) is 4.79 Å². The lowest BCUT2D eigenvalue weighted by Crippen LogP contribution is -2.25. The first kappa shape index (κ1) is 18.5. The van der Waals surface area contributed by atoms with E-state index in [0.29, 0.717) is 17.3 Å². The number of carbonyl (C=O) groups is 1. The Kier molecular flexibility index (Phi) is 5.57. The second-order valence-electron chi connectivity index (χ2n) is 6.62. The normalized spacial score (nSPS) is 16.1. The molecular formula is C20H21N5O2S. The summed E-state index contributed by atoms with van der Waals surface area (Å²) >= 11 is 1.87. The Balaban J connectivity index is 1.41. The van der Waals surface area contributed by atoms with Gasteiger partial charge in [-0.05, 0) is 37.3 Å². The van der Waals surface area contributed by atoms with Crippen molar-refractivity contribution in [2.75, 3.05) is 11.5 Å². The monoisotopic (exact) mass is 395 g/mol. The molecule has 0 radical (unpaired) electrons. The SMILES string of the molecule is Cc1ccc(-n2cnnc2CNC(=O)c2ccnc(OC3CCSC3)c2)cc1. The van der Waals surface area contributed by atoms with E-state index in [1.807, 2.05) is 47.5 Å². The molecule has 1 unspecified atom stereocenters. The van der Waals surface area contributed by atoms with Crippen LogP contribution in [0.15, 0.2) is 48.9 Å². The summed E-state index contributed by atoms with van der Waals surface area (Å²) in [5.74, 6) is 3.01. The lowest BCUT2D eigenvalue weighted by Gasteiger charge is -2.12. The second-order valence-corrected chi connectivity index (χ2v) is 7.77. The Bertz CT molecular complexity index is 951. The molecule has 1 N–H and O–H groups in total. The molecule has 3 heterocycles. The van der Waals surface area contributed by atoms with Crippen molar-refractivity contribution in [1.29, 1.82) is 0 Å². The number of nitrogens with one attached hydrogen (secondary N) is 1. The van der Waals surface area contributed by atoms with Crippen LogP contribution in [0.3, 0.4) is 0 Å². The van der Waals surface area contributed by atoms with Gasteiger partial charge in [0.2, 0.25) is 5.88 Å². The molecule has 28 heavy (non-hydrogen) atoms. The summed E-state index contributed by atoms with van der Waals surface area (Å²) in [6, 6.07) is 11.4. The number of carbonyl (C=O) groups excluding carboxylic acids is 1. The Morgan fingerprint density at radius 3 is 2.96 bits per heavy atom. The fourth-order valence-electron chi connectivity index (χ4n) is 2.95. The third kappa shape index (κ3) is 4.33. The van der Waals surface area contributed by atoms with Crippen LogP contribution in [0.25, 0.3) is 5.69 Å². The molecule has 1 aliphatic rings. The van der Waals surface area contributed by atoms with Gasteiger partial charge in [0.1, 0.15) is 12.4 Å². The van der Waals surface area contributed by atoms with Crippen LogP contribution in [0.1, 0.15) is 28.2 Å². The van der Waals surface area contributed by atoms with Gasteiger partial charge in [-0.25, -0.2) is 4.98 Å². The maximum atomic E-state index is 12.6. The molecule has 1 saturated heterocycles. The number of rotatable bonds is 6. The fourth-order valence-corrected chi connectivity index (χ4v) is 4.05. The number of aromatic nitrogens is 4. The minimum Gasteiger partial charge on any atom is -0.473 e. The van der Waals surface area contributed by atoms with E-state index >= 15 is 0 Å². The molecule has 0 spiro atoms. The summed E-state index contributed by atoms with van der Waals surface area (Å²) < 4.78 is 7.72. The Morgan fingerprint density at radius 2 is 2.18 bits per heavy atom. The molecule has 1 amide bonds. The first-order valence-corrected chi connectivity index (χ1v) is 10.3. The molecule has 1 aliphatic heterocycles. The summed E-state index contributed by atoms with van der Waals surface area (Å²) in [5, 5.41) is 11.0. The molecule has 0 bridgehead atoms. The predicted molar refractivity (Wildman–Crippen MR) is 108 cm³/mol. The zero-order valence-corrected chi connectivity index (χ0v) is 16.4. The van der Waals surface area contributed by atoms with E-state index < -0.39 is 0 Å². The Hall–Kier alpha value is -2.87. The number of amides is 1. The second kappa shape index (κ2) is 8.43. The van der Waals surface area contributed by atoms with Gasteiger partial charge in [-0.15, -0.1) is 10.2 Å². The summed E-state index contributed by atoms with van der Waals surface area (Å²) in [6.07, 6.45) is 4.42. The van der Waals surface area contributed by atoms with E-state index in [1.165, 1.54) is 5.56 Å². The van der Waals surface area contributed by atoms with Gasteiger partial charge in [0.05, 0.1) is 6.54 Å². The molecular weight excluding hydrogens is 374 g/mol. The highest BCUT2D eigenvalue weighted by atomic mass is 32.2. The smallest absolute Gasteiger partial charge is 0.251 e. The van der Waals surface area contributed by atoms with Crippen LogP contribution in [-0.4, -0.2) is 43.3 Å². The number of nitrogens with zero attached hydrogens (tertiary/aromatic N) is 4. The summed E-state index contributed by atoms with van der Waals surface area (Å²) in [6.45, 7) is 2.31. The first-order chi connectivity index (χ1) is 13.7. The van der Waals surface area contributed by atoms with E-state index in [4.69, 9.17) is 4.74 Å². The number of pyridine rings is 1. The molecule has 7 nitrogen and oxygen atoms in total. The molecule has 1 aromatic carbocycles. The van der Waals surface area contributed by atoms with Crippen LogP contribution < -0.4 is 10.1 Å². The van der Waals surface area contributed by atoms with Gasteiger partial charge in [0.25, 0.3) is 5.91 Å². The third-order valence-corrected chi connectivity index (χ3v) is 5.64. The molecule has 0 aliphatic carbocycles. The third-order valence-electron chi connectivity index (χ3n) is 4.51. The molecule has 1 atom stereocenters. The summed E-state index contributed by atoms with van der Waals surface area (Å²) in [4.78, 5) is 16.8. The minimum absolute atomic E-state index is 0.170. The molecule has 0 saturated carbocycles. The number of benzene rings is 1. The molecule has 1 fully saturated rings. The lowest BCUT2D eigenvalue weighted by atomic mass is 10.2. The fraction of sp³-hybridized carbons (Fsp3) is 0.300. The van der Waals surface area contributed by atoms with E-state index in [-0.39, 0.29) is 18.6 Å². The van der Waals surface area contributed by atoms with Gasteiger partial charge >= 0.3 is 0 Å². The first-order valence-electron chi connectivity index (χ1n) is 9.13. The highest BCUT2D eigenvalue weighted by Gasteiger charge is 2.18. The molecule has 4 rings (SSSR count). The van der Waals surface area contributed by atoms with Crippen LogP contribution in [-0.2, 0) is 6.54 Å². The summed E-state index contributed by atoms with van der Waals surface area (Å²) in [7, 11) is 0. The largest absolute Gasteiger partial charge is 0.473 e. The average molecular weight is 395 g/mol. The number of hydrogen-bond acceptors (Lipinski definition) is 6. The highest BCUT2D eigenvalue weighted by Crippen LogP contribution is 2.22. The van der Waals surface area contributed by atoms with Crippen LogP contribution in [0.4, 0.5) is 0 Å². The van der Waals surface area contributed by atoms with Gasteiger partial charge in [-0.1, -0.05) is 17.7 Å². The van der Waals surface area contributed by atoms with Crippen molar-refractivity contribution in [3.05, 3.63) is 65.9 Å². The van der Waals surface area contributed by atoms with Crippen LogP contribution in [0.5, 0.6) is 5.88 Å². The zero-order valence-electron chi connectivity index (χ0n) is 15.5. The standard InChI is InChI=1S/C20H21N5O2S/c1-14-2-4-16(5-3-14)25-13-23-24-18(25)11-22-20(26)15-6-8-21-19(10-15)27-17-7-9-28-12-17/h2-6,8,10,13,17H,7,9,11-12H2,1H3,(H,22,26). The van der Waals surface area contributed by atoms with Gasteiger partial charge in [0.15, 0.2) is 5.82 Å². The van der Waals surface area contributed by atoms with Crippen molar-refractivity contribution in [3.63, 3.8) is 0 Å². The maximum Gasteiger partial charge on any atom is 0.251 e. The van der Waals surface area contributed by atoms with Gasteiger partial charge in [-0.2, -0.15) is 11.8 Å². The van der Waals surface area contributed by atoms with Crippen LogP contribution in [0.2, 0.25) is 0 Å². The van der Waals surface area contributed by atoms with Gasteiger partial charge < -0.3 is 10.1 Å². The van der Waals surface area contributed by atoms with Crippen LogP contribution >= 0.6 is 11.8 Å². The summed E-state index contributed by atoms with van der Waals surface area (Å²) in [5.41, 5.74) is 2.64. The zero-order chi connectivity index (χ0) is 19.3. The van der Waals surface area contributed by atoms with E-state index in [1.54, 1.807) is 24.7 Å². The van der Waals surface area contributed by atoms with Crippen LogP contribution in [0, 0.1) is 6.92 Å². The molecule has 3 aromatic rings. The highest BCUT2D eigenvalue weighted by molar-refractivity contribution is 7.99.